The van der Waals surface area contributed by atoms with Crippen molar-refractivity contribution < 1.29 is 0 Å². The number of allylic oxidation sites excluding steroid dienone is 1. The Labute approximate surface area is 104 Å². The first kappa shape index (κ1) is 11.0. The van der Waals surface area contributed by atoms with E-state index in [2.05, 4.69) is 35.7 Å². The Bertz CT molecular complexity index is 419. The zero-order valence-corrected chi connectivity index (χ0v) is 10.4. The Hall–Kier alpha value is -1.08. The molecule has 1 nitrogen and oxygen atoms in total. The van der Waals surface area contributed by atoms with Gasteiger partial charge in [0.05, 0.1) is 0 Å². The molecule has 2 aliphatic carbocycles. The SMILES string of the molecule is C1=C(CCNC2CCc3ccccc32)CCC1. The van der Waals surface area contributed by atoms with Crippen molar-refractivity contribution >= 4 is 0 Å². The molecule has 1 heteroatoms. The largest absolute Gasteiger partial charge is 0.310 e. The Morgan fingerprint density at radius 2 is 2.12 bits per heavy atom. The van der Waals surface area contributed by atoms with Crippen molar-refractivity contribution in [3.05, 3.63) is 47.0 Å². The molecule has 1 N–H and O–H groups in total. The van der Waals surface area contributed by atoms with Crippen LogP contribution in [0, 0.1) is 0 Å². The highest BCUT2D eigenvalue weighted by Crippen LogP contribution is 2.30. The zero-order valence-electron chi connectivity index (χ0n) is 10.4. The van der Waals surface area contributed by atoms with Crippen molar-refractivity contribution in [2.75, 3.05) is 6.54 Å². The third-order valence-electron chi connectivity index (χ3n) is 4.10. The lowest BCUT2D eigenvalue weighted by Crippen LogP contribution is -2.20. The van der Waals surface area contributed by atoms with E-state index in [-0.39, 0.29) is 0 Å². The molecule has 1 aromatic carbocycles. The van der Waals surface area contributed by atoms with Crippen LogP contribution >= 0.6 is 0 Å². The lowest BCUT2D eigenvalue weighted by Gasteiger charge is -2.14. The van der Waals surface area contributed by atoms with E-state index in [1.165, 1.54) is 44.1 Å². The molecule has 1 unspecified atom stereocenters. The van der Waals surface area contributed by atoms with Gasteiger partial charge in [-0.3, -0.25) is 0 Å². The molecule has 0 heterocycles. The Morgan fingerprint density at radius 3 is 3.00 bits per heavy atom. The van der Waals surface area contributed by atoms with Gasteiger partial charge in [0.1, 0.15) is 0 Å². The van der Waals surface area contributed by atoms with Gasteiger partial charge in [-0.1, -0.05) is 35.9 Å². The fourth-order valence-electron chi connectivity index (χ4n) is 3.14. The number of nitrogens with one attached hydrogen (secondary N) is 1. The Kier molecular flexibility index (Phi) is 3.28. The number of fused-ring (bicyclic) bond motifs is 1. The van der Waals surface area contributed by atoms with Crippen LogP contribution in [0.1, 0.15) is 49.3 Å². The molecule has 3 rings (SSSR count). The first-order valence-corrected chi connectivity index (χ1v) is 6.92. The summed E-state index contributed by atoms with van der Waals surface area (Å²) in [7, 11) is 0. The summed E-state index contributed by atoms with van der Waals surface area (Å²) >= 11 is 0. The molecule has 1 aromatic rings. The topological polar surface area (TPSA) is 12.0 Å². The van der Waals surface area contributed by atoms with Gasteiger partial charge in [-0.05, 0) is 56.2 Å². The zero-order chi connectivity index (χ0) is 11.5. The Morgan fingerprint density at radius 1 is 1.18 bits per heavy atom. The second-order valence-corrected chi connectivity index (χ2v) is 5.25. The molecule has 0 saturated carbocycles. The van der Waals surface area contributed by atoms with Gasteiger partial charge in [-0.2, -0.15) is 0 Å². The van der Waals surface area contributed by atoms with Crippen LogP contribution in [0.2, 0.25) is 0 Å². The highest BCUT2D eigenvalue weighted by molar-refractivity contribution is 5.34. The van der Waals surface area contributed by atoms with E-state index in [0.29, 0.717) is 6.04 Å². The minimum atomic E-state index is 0.605. The minimum Gasteiger partial charge on any atom is -0.310 e. The molecular formula is C16H21N. The van der Waals surface area contributed by atoms with E-state index in [9.17, 15) is 0 Å². The van der Waals surface area contributed by atoms with Crippen LogP contribution in [0.5, 0.6) is 0 Å². The molecule has 0 fully saturated rings. The fourth-order valence-corrected chi connectivity index (χ4v) is 3.14. The van der Waals surface area contributed by atoms with Crippen LogP contribution in [0.25, 0.3) is 0 Å². The van der Waals surface area contributed by atoms with Crippen molar-refractivity contribution in [1.29, 1.82) is 0 Å². The fraction of sp³-hybridized carbons (Fsp3) is 0.500. The van der Waals surface area contributed by atoms with Crippen molar-refractivity contribution in [3.8, 4) is 0 Å². The minimum absolute atomic E-state index is 0.605. The molecule has 1 atom stereocenters. The lowest BCUT2D eigenvalue weighted by molar-refractivity contribution is 0.531. The summed E-state index contributed by atoms with van der Waals surface area (Å²) in [6, 6.07) is 9.49. The Balaban J connectivity index is 1.53. The quantitative estimate of drug-likeness (QED) is 0.772. The summed E-state index contributed by atoms with van der Waals surface area (Å²) < 4.78 is 0. The molecule has 0 saturated heterocycles. The van der Waals surface area contributed by atoms with Gasteiger partial charge < -0.3 is 5.32 Å². The molecule has 0 spiro atoms. The van der Waals surface area contributed by atoms with Crippen LogP contribution in [0.4, 0.5) is 0 Å². The first-order valence-electron chi connectivity index (χ1n) is 6.92. The van der Waals surface area contributed by atoms with Crippen molar-refractivity contribution in [1.82, 2.24) is 5.32 Å². The second-order valence-electron chi connectivity index (χ2n) is 5.25. The van der Waals surface area contributed by atoms with Gasteiger partial charge in [-0.25, -0.2) is 0 Å². The molecule has 0 aliphatic heterocycles. The van der Waals surface area contributed by atoms with Gasteiger partial charge in [0.25, 0.3) is 0 Å². The van der Waals surface area contributed by atoms with Crippen LogP contribution in [-0.4, -0.2) is 6.54 Å². The van der Waals surface area contributed by atoms with E-state index in [4.69, 9.17) is 0 Å². The van der Waals surface area contributed by atoms with Gasteiger partial charge >= 0.3 is 0 Å². The maximum atomic E-state index is 3.72. The third kappa shape index (κ3) is 2.44. The molecule has 90 valence electrons. The summed E-state index contributed by atoms with van der Waals surface area (Å²) in [4.78, 5) is 0. The highest BCUT2D eigenvalue weighted by atomic mass is 14.9. The normalized spacial score (nSPS) is 22.6. The van der Waals surface area contributed by atoms with Crippen LogP contribution in [0.3, 0.4) is 0 Å². The third-order valence-corrected chi connectivity index (χ3v) is 4.10. The lowest BCUT2D eigenvalue weighted by atomic mass is 10.1. The number of hydrogen-bond acceptors (Lipinski definition) is 1. The van der Waals surface area contributed by atoms with Gasteiger partial charge in [-0.15, -0.1) is 0 Å². The average molecular weight is 227 g/mol. The summed E-state index contributed by atoms with van der Waals surface area (Å²) in [6.07, 6.45) is 10.2. The van der Waals surface area contributed by atoms with Crippen molar-refractivity contribution in [2.45, 2.75) is 44.6 Å². The van der Waals surface area contributed by atoms with Gasteiger partial charge in [0, 0.05) is 6.04 Å². The van der Waals surface area contributed by atoms with E-state index in [1.54, 1.807) is 11.1 Å². The maximum absolute atomic E-state index is 3.72. The standard InChI is InChI=1S/C16H21N/c1-2-6-13(5-1)11-12-17-16-10-9-14-7-3-4-8-15(14)16/h3-5,7-8,16-17H,1-2,6,9-12H2. The van der Waals surface area contributed by atoms with E-state index in [1.807, 2.05) is 0 Å². The smallest absolute Gasteiger partial charge is 0.0326 e. The predicted molar refractivity (Wildman–Crippen MR) is 72.1 cm³/mol. The maximum Gasteiger partial charge on any atom is 0.0326 e. The monoisotopic (exact) mass is 227 g/mol. The molecule has 0 radical (unpaired) electrons. The number of benzene rings is 1. The first-order chi connectivity index (χ1) is 8.43. The molecule has 2 aliphatic rings. The number of aryl methyl sites for hydroxylation is 1. The highest BCUT2D eigenvalue weighted by Gasteiger charge is 2.20. The van der Waals surface area contributed by atoms with E-state index < -0.39 is 0 Å². The molecule has 17 heavy (non-hydrogen) atoms. The summed E-state index contributed by atoms with van der Waals surface area (Å²) in [5.41, 5.74) is 4.75. The van der Waals surface area contributed by atoms with Crippen LogP contribution in [0.15, 0.2) is 35.9 Å². The van der Waals surface area contributed by atoms with Crippen molar-refractivity contribution in [2.24, 2.45) is 0 Å². The number of rotatable bonds is 4. The predicted octanol–water partition coefficient (Wildman–Crippen LogP) is 3.76. The second kappa shape index (κ2) is 5.05. The van der Waals surface area contributed by atoms with E-state index >= 15 is 0 Å². The molecule has 0 amide bonds. The summed E-state index contributed by atoms with van der Waals surface area (Å²) in [5, 5.41) is 3.72. The summed E-state index contributed by atoms with van der Waals surface area (Å²) in [6.45, 7) is 1.14. The van der Waals surface area contributed by atoms with Gasteiger partial charge in [0.2, 0.25) is 0 Å². The van der Waals surface area contributed by atoms with Crippen molar-refractivity contribution in [3.63, 3.8) is 0 Å². The molecule has 0 bridgehead atoms. The van der Waals surface area contributed by atoms with E-state index in [0.717, 1.165) is 6.54 Å². The average Bonchev–Trinajstić information content (AvgIpc) is 2.99. The van der Waals surface area contributed by atoms with Crippen LogP contribution < -0.4 is 5.32 Å². The van der Waals surface area contributed by atoms with Gasteiger partial charge in [0.15, 0.2) is 0 Å². The molecular weight excluding hydrogens is 206 g/mol. The summed E-state index contributed by atoms with van der Waals surface area (Å²) in [5.74, 6) is 0. The van der Waals surface area contributed by atoms with Crippen LogP contribution in [-0.2, 0) is 6.42 Å². The number of hydrogen-bond donors (Lipinski definition) is 1. The molecule has 0 aromatic heterocycles.